The Hall–Kier alpha value is -2.69. The van der Waals surface area contributed by atoms with E-state index in [4.69, 9.17) is 5.73 Å². The van der Waals surface area contributed by atoms with Gasteiger partial charge in [0.1, 0.15) is 0 Å². The molecule has 0 saturated carbocycles. The predicted octanol–water partition coefficient (Wildman–Crippen LogP) is 5.42. The fourth-order valence-corrected chi connectivity index (χ4v) is 4.18. The van der Waals surface area contributed by atoms with E-state index in [0.29, 0.717) is 0 Å². The molecule has 1 aliphatic rings. The Labute approximate surface area is 194 Å². The second-order valence-electron chi connectivity index (χ2n) is 8.04. The molecule has 2 aromatic carbocycles. The van der Waals surface area contributed by atoms with Gasteiger partial charge in [0.25, 0.3) is 5.91 Å². The van der Waals surface area contributed by atoms with Crippen LogP contribution in [0.4, 0.5) is 0 Å². The molecule has 2 aromatic rings. The maximum Gasteiger partial charge on any atom is 0.254 e. The van der Waals surface area contributed by atoms with Crippen LogP contribution in [0.25, 0.3) is 10.8 Å². The molecule has 0 aromatic heterocycles. The number of amides is 1. The van der Waals surface area contributed by atoms with Crippen molar-refractivity contribution in [3.8, 4) is 0 Å². The second-order valence-corrected chi connectivity index (χ2v) is 8.04. The number of hydrogen-bond acceptors (Lipinski definition) is 3. The lowest BCUT2D eigenvalue weighted by Crippen LogP contribution is -2.56. The molecule has 0 spiro atoms. The van der Waals surface area contributed by atoms with Gasteiger partial charge in [-0.3, -0.25) is 9.69 Å². The first-order valence-corrected chi connectivity index (χ1v) is 11.7. The van der Waals surface area contributed by atoms with Gasteiger partial charge in [-0.15, -0.1) is 0 Å². The van der Waals surface area contributed by atoms with E-state index >= 15 is 0 Å². The van der Waals surface area contributed by atoms with E-state index in [1.165, 1.54) is 5.57 Å². The van der Waals surface area contributed by atoms with Gasteiger partial charge in [0.2, 0.25) is 0 Å². The molecular weight excluding hydrogens is 394 g/mol. The molecule has 4 nitrogen and oxygen atoms in total. The minimum Gasteiger partial charge on any atom is -0.336 e. The van der Waals surface area contributed by atoms with Crippen molar-refractivity contribution in [1.29, 1.82) is 0 Å². The van der Waals surface area contributed by atoms with E-state index in [-0.39, 0.29) is 18.0 Å². The molecule has 4 heteroatoms. The van der Waals surface area contributed by atoms with Crippen molar-refractivity contribution < 1.29 is 4.79 Å². The zero-order chi connectivity index (χ0) is 23.5. The van der Waals surface area contributed by atoms with Gasteiger partial charge in [-0.1, -0.05) is 86.7 Å². The molecule has 172 valence electrons. The van der Waals surface area contributed by atoms with Gasteiger partial charge in [0, 0.05) is 43.8 Å². The quantitative estimate of drug-likeness (QED) is 0.593. The summed E-state index contributed by atoms with van der Waals surface area (Å²) < 4.78 is 0. The van der Waals surface area contributed by atoms with Crippen molar-refractivity contribution in [2.24, 2.45) is 5.73 Å². The highest BCUT2D eigenvalue weighted by Gasteiger charge is 2.28. The summed E-state index contributed by atoms with van der Waals surface area (Å²) in [6, 6.07) is 14.4. The van der Waals surface area contributed by atoms with Crippen LogP contribution in [-0.4, -0.2) is 54.0 Å². The monoisotopic (exact) mass is 433 g/mol. The Morgan fingerprint density at radius 3 is 2.59 bits per heavy atom. The Balaban J connectivity index is 0.00000176. The summed E-state index contributed by atoms with van der Waals surface area (Å²) in [6.07, 6.45) is 8.73. The Bertz CT molecular complexity index is 941. The van der Waals surface area contributed by atoms with Crippen LogP contribution in [0.5, 0.6) is 0 Å². The fraction of sp³-hybridized carbons (Fsp3) is 0.393. The van der Waals surface area contributed by atoms with Crippen LogP contribution in [0.2, 0.25) is 0 Å². The Morgan fingerprint density at radius 2 is 1.91 bits per heavy atom. The van der Waals surface area contributed by atoms with Crippen LogP contribution >= 0.6 is 0 Å². The van der Waals surface area contributed by atoms with E-state index in [1.807, 2.05) is 62.1 Å². The first-order chi connectivity index (χ1) is 15.5. The van der Waals surface area contributed by atoms with Gasteiger partial charge in [-0.05, 0) is 37.1 Å². The number of rotatable bonds is 7. The smallest absolute Gasteiger partial charge is 0.254 e. The molecule has 1 heterocycles. The van der Waals surface area contributed by atoms with Crippen molar-refractivity contribution >= 4 is 16.7 Å². The summed E-state index contributed by atoms with van der Waals surface area (Å²) in [5.74, 6) is 0.119. The third kappa shape index (κ3) is 6.65. The molecule has 1 aliphatic heterocycles. The van der Waals surface area contributed by atoms with Crippen LogP contribution in [0.15, 0.2) is 78.9 Å². The van der Waals surface area contributed by atoms with Crippen molar-refractivity contribution in [3.05, 3.63) is 84.5 Å². The van der Waals surface area contributed by atoms with E-state index in [0.717, 1.165) is 48.9 Å². The Kier molecular flexibility index (Phi) is 10.4. The molecule has 2 atom stereocenters. The number of nitrogens with two attached hydrogens (primary N) is 1. The van der Waals surface area contributed by atoms with Crippen LogP contribution in [0.1, 0.15) is 44.5 Å². The second kappa shape index (κ2) is 13.0. The molecular formula is C28H39N3O. The molecule has 0 bridgehead atoms. The zero-order valence-corrected chi connectivity index (χ0v) is 20.1. The van der Waals surface area contributed by atoms with Gasteiger partial charge in [-0.2, -0.15) is 0 Å². The van der Waals surface area contributed by atoms with Crippen molar-refractivity contribution in [1.82, 2.24) is 9.80 Å². The highest BCUT2D eigenvalue weighted by molar-refractivity contribution is 6.07. The van der Waals surface area contributed by atoms with Crippen molar-refractivity contribution in [2.45, 2.75) is 46.2 Å². The first kappa shape index (κ1) is 25.6. The topological polar surface area (TPSA) is 49.6 Å². The number of piperazine rings is 1. The minimum absolute atomic E-state index is 0.0634. The third-order valence-electron chi connectivity index (χ3n) is 5.86. The standard InChI is InChI=1S/C26H33N3O.C2H6/c1-4-6-10-21(5-2)17-23(27)19-28-15-16-29(18-20(28)3)26(30)25-14-9-12-22-11-7-8-13-24(22)25;1-2/h4-14,20,23H,1,15-19,27H2,2-3H3;1-2H3/b10-6-,21-5+;/t20-,23?;/m0./s1. The molecule has 1 amide bonds. The average Bonchev–Trinajstić information content (AvgIpc) is 2.83. The number of allylic oxidation sites excluding steroid dienone is 4. The molecule has 0 radical (unpaired) electrons. The minimum atomic E-state index is 0.0634. The normalized spacial score (nSPS) is 18.3. The van der Waals surface area contributed by atoms with E-state index in [2.05, 4.69) is 42.7 Å². The zero-order valence-electron chi connectivity index (χ0n) is 20.1. The Morgan fingerprint density at radius 1 is 1.19 bits per heavy atom. The fourth-order valence-electron chi connectivity index (χ4n) is 4.18. The predicted molar refractivity (Wildman–Crippen MR) is 138 cm³/mol. The van der Waals surface area contributed by atoms with E-state index in [9.17, 15) is 4.79 Å². The molecule has 2 N–H and O–H groups in total. The molecule has 1 saturated heterocycles. The molecule has 32 heavy (non-hydrogen) atoms. The van der Waals surface area contributed by atoms with Gasteiger partial charge in [0.05, 0.1) is 0 Å². The maximum atomic E-state index is 13.2. The van der Waals surface area contributed by atoms with Crippen LogP contribution in [0, 0.1) is 0 Å². The lowest BCUT2D eigenvalue weighted by atomic mass is 10.0. The van der Waals surface area contributed by atoms with Crippen LogP contribution < -0.4 is 5.73 Å². The SMILES string of the molecule is C=C/C=C\C(=C/C)CC(N)CN1CCN(C(=O)c2cccc3ccccc23)C[C@@H]1C.CC. The molecule has 1 unspecified atom stereocenters. The third-order valence-corrected chi connectivity index (χ3v) is 5.86. The maximum absolute atomic E-state index is 13.2. The number of fused-ring (bicyclic) bond motifs is 1. The van der Waals surface area contributed by atoms with Crippen molar-refractivity contribution in [2.75, 3.05) is 26.2 Å². The van der Waals surface area contributed by atoms with E-state index in [1.54, 1.807) is 6.08 Å². The highest BCUT2D eigenvalue weighted by Crippen LogP contribution is 2.22. The molecule has 0 aliphatic carbocycles. The molecule has 1 fully saturated rings. The average molecular weight is 434 g/mol. The summed E-state index contributed by atoms with van der Waals surface area (Å²) >= 11 is 0. The number of hydrogen-bond donors (Lipinski definition) is 1. The number of carbonyl (C=O) groups is 1. The largest absolute Gasteiger partial charge is 0.336 e. The van der Waals surface area contributed by atoms with Gasteiger partial charge >= 0.3 is 0 Å². The number of nitrogens with zero attached hydrogens (tertiary/aromatic N) is 2. The van der Waals surface area contributed by atoms with Gasteiger partial charge in [0.15, 0.2) is 0 Å². The lowest BCUT2D eigenvalue weighted by Gasteiger charge is -2.41. The van der Waals surface area contributed by atoms with Crippen LogP contribution in [0.3, 0.4) is 0 Å². The summed E-state index contributed by atoms with van der Waals surface area (Å²) in [5.41, 5.74) is 8.45. The summed E-state index contributed by atoms with van der Waals surface area (Å²) in [4.78, 5) is 17.6. The van der Waals surface area contributed by atoms with E-state index < -0.39 is 0 Å². The van der Waals surface area contributed by atoms with Gasteiger partial charge < -0.3 is 10.6 Å². The molecule has 3 rings (SSSR count). The number of carbonyl (C=O) groups excluding carboxylic acids is 1. The highest BCUT2D eigenvalue weighted by atomic mass is 16.2. The van der Waals surface area contributed by atoms with Crippen molar-refractivity contribution in [3.63, 3.8) is 0 Å². The summed E-state index contributed by atoms with van der Waals surface area (Å²) in [7, 11) is 0. The summed E-state index contributed by atoms with van der Waals surface area (Å²) in [5, 5.41) is 2.12. The first-order valence-electron chi connectivity index (χ1n) is 11.7. The summed E-state index contributed by atoms with van der Waals surface area (Å²) in [6.45, 7) is 15.1. The lowest BCUT2D eigenvalue weighted by molar-refractivity contribution is 0.0503. The van der Waals surface area contributed by atoms with Crippen LogP contribution in [-0.2, 0) is 0 Å². The number of benzene rings is 2. The van der Waals surface area contributed by atoms with Gasteiger partial charge in [-0.25, -0.2) is 0 Å².